The predicted molar refractivity (Wildman–Crippen MR) is 112 cm³/mol. The molecule has 186 valence electrons. The first-order valence-electron chi connectivity index (χ1n) is 10.5. The predicted octanol–water partition coefficient (Wildman–Crippen LogP) is -0.466. The topological polar surface area (TPSA) is 161 Å². The second-order valence-electron chi connectivity index (χ2n) is 7.72. The zero-order valence-corrected chi connectivity index (χ0v) is 18.8. The van der Waals surface area contributed by atoms with E-state index < -0.39 is 67.4 Å². The van der Waals surface area contributed by atoms with Crippen LogP contribution in [-0.2, 0) is 33.3 Å². The average molecular weight is 472 g/mol. The number of allylic oxidation sites excluding steroid dienone is 1. The molecule has 0 radical (unpaired) electrons. The van der Waals surface area contributed by atoms with Crippen LogP contribution in [0.25, 0.3) is 0 Å². The van der Waals surface area contributed by atoms with Crippen LogP contribution in [0.1, 0.15) is 20.3 Å². The smallest absolute Gasteiger partial charge is 0.337 e. The highest BCUT2D eigenvalue weighted by atomic mass is 16.8. The molecule has 11 nitrogen and oxygen atoms in total. The lowest BCUT2D eigenvalue weighted by Gasteiger charge is -2.43. The summed E-state index contributed by atoms with van der Waals surface area (Å²) < 4.78 is 26.7. The van der Waals surface area contributed by atoms with Gasteiger partial charge in [0.15, 0.2) is 6.29 Å². The maximum atomic E-state index is 12.3. The molecule has 8 unspecified atom stereocenters. The minimum atomic E-state index is -1.63. The number of carbonyl (C=O) groups excluding carboxylic acids is 2. The van der Waals surface area contributed by atoms with Gasteiger partial charge in [0.05, 0.1) is 32.2 Å². The molecular weight excluding hydrogens is 440 g/mol. The van der Waals surface area contributed by atoms with Crippen LogP contribution in [-0.4, -0.2) is 89.7 Å². The zero-order valence-electron chi connectivity index (χ0n) is 18.8. The highest BCUT2D eigenvalue weighted by Crippen LogP contribution is 2.37. The Labute approximate surface area is 191 Å². The monoisotopic (exact) mass is 472 g/mol. The maximum Gasteiger partial charge on any atom is 0.337 e. The van der Waals surface area contributed by atoms with Gasteiger partial charge in [0.1, 0.15) is 24.4 Å². The van der Waals surface area contributed by atoms with Gasteiger partial charge >= 0.3 is 11.9 Å². The summed E-state index contributed by atoms with van der Waals surface area (Å²) in [6, 6.07) is 0. The molecule has 2 aliphatic rings. The molecule has 1 fully saturated rings. The molecule has 1 saturated heterocycles. The molecular formula is C22H32O11. The average Bonchev–Trinajstić information content (AvgIpc) is 2.83. The zero-order chi connectivity index (χ0) is 24.7. The molecule has 0 aliphatic carbocycles. The fourth-order valence-corrected chi connectivity index (χ4v) is 3.60. The van der Waals surface area contributed by atoms with Crippen LogP contribution in [0.5, 0.6) is 0 Å². The molecule has 4 N–H and O–H groups in total. The molecule has 2 heterocycles. The Hall–Kier alpha value is -2.28. The Morgan fingerprint density at radius 2 is 1.88 bits per heavy atom. The number of hydrogen-bond acceptors (Lipinski definition) is 11. The van der Waals surface area contributed by atoms with E-state index in [4.69, 9.17) is 23.7 Å². The number of hydrogen-bond donors (Lipinski definition) is 4. The van der Waals surface area contributed by atoms with Gasteiger partial charge in [0, 0.05) is 17.4 Å². The van der Waals surface area contributed by atoms with Crippen LogP contribution in [0.2, 0.25) is 0 Å². The van der Waals surface area contributed by atoms with E-state index >= 15 is 0 Å². The fraction of sp³-hybridized carbons (Fsp3) is 0.636. The molecule has 33 heavy (non-hydrogen) atoms. The largest absolute Gasteiger partial charge is 0.471 e. The van der Waals surface area contributed by atoms with Gasteiger partial charge in [-0.05, 0) is 20.3 Å². The van der Waals surface area contributed by atoms with Crippen LogP contribution >= 0.6 is 0 Å². The lowest BCUT2D eigenvalue weighted by Crippen LogP contribution is -2.60. The standard InChI is InChI=1S/C22H32O11/c1-5-11(3)19(27)30-8-7-13-12(6-2)21(31-10-14(13)20(28)29-4)33-22-18(26)17(25)16(24)15(9-23)32-22/h5-6,10,12-13,15-18,21-26H,2,7-9H2,1,3-4H3. The third-order valence-electron chi connectivity index (χ3n) is 5.73. The SMILES string of the molecule is C=CC1C(OC2OC(CO)C(O)C(O)C2O)OC=C(C(=O)OC)C1CCOC(=O)C(C)=CC. The molecule has 11 heteroatoms. The summed E-state index contributed by atoms with van der Waals surface area (Å²) in [6.45, 7) is 6.47. The van der Waals surface area contributed by atoms with E-state index in [9.17, 15) is 30.0 Å². The van der Waals surface area contributed by atoms with E-state index in [1.165, 1.54) is 13.2 Å². The van der Waals surface area contributed by atoms with E-state index in [2.05, 4.69) is 6.58 Å². The second kappa shape index (κ2) is 12.3. The Bertz CT molecular complexity index is 759. The summed E-state index contributed by atoms with van der Waals surface area (Å²) in [5, 5.41) is 39.6. The van der Waals surface area contributed by atoms with Crippen molar-refractivity contribution in [1.29, 1.82) is 0 Å². The molecule has 0 amide bonds. The molecule has 0 aromatic carbocycles. The van der Waals surface area contributed by atoms with Gasteiger partial charge in [0.2, 0.25) is 6.29 Å². The van der Waals surface area contributed by atoms with Gasteiger partial charge in [-0.15, -0.1) is 6.58 Å². The molecule has 0 saturated carbocycles. The Kier molecular flexibility index (Phi) is 10.0. The lowest BCUT2D eigenvalue weighted by atomic mass is 9.82. The van der Waals surface area contributed by atoms with Crippen LogP contribution in [0, 0.1) is 11.8 Å². The summed E-state index contributed by atoms with van der Waals surface area (Å²) >= 11 is 0. The summed E-state index contributed by atoms with van der Waals surface area (Å²) in [5.41, 5.74) is 0.615. The van der Waals surface area contributed by atoms with Crippen LogP contribution in [0.3, 0.4) is 0 Å². The van der Waals surface area contributed by atoms with Crippen molar-refractivity contribution in [2.45, 2.75) is 57.3 Å². The highest BCUT2D eigenvalue weighted by Gasteiger charge is 2.47. The quantitative estimate of drug-likeness (QED) is 0.195. The van der Waals surface area contributed by atoms with Crippen LogP contribution in [0.4, 0.5) is 0 Å². The first-order chi connectivity index (χ1) is 15.7. The maximum absolute atomic E-state index is 12.3. The van der Waals surface area contributed by atoms with Gasteiger partial charge < -0.3 is 44.1 Å². The normalized spacial score (nSPS) is 34.6. The van der Waals surface area contributed by atoms with Crippen LogP contribution in [0.15, 0.2) is 36.1 Å². The molecule has 8 atom stereocenters. The molecule has 0 bridgehead atoms. The second-order valence-corrected chi connectivity index (χ2v) is 7.72. The van der Waals surface area contributed by atoms with Crippen molar-refractivity contribution in [3.63, 3.8) is 0 Å². The number of methoxy groups -OCH3 is 1. The molecule has 0 spiro atoms. The van der Waals surface area contributed by atoms with E-state index in [1.807, 2.05) is 0 Å². The summed E-state index contributed by atoms with van der Waals surface area (Å²) in [6.07, 6.45) is -4.06. The summed E-state index contributed by atoms with van der Waals surface area (Å²) in [7, 11) is 1.22. The number of rotatable bonds is 9. The third-order valence-corrected chi connectivity index (χ3v) is 5.73. The fourth-order valence-electron chi connectivity index (χ4n) is 3.60. The lowest BCUT2D eigenvalue weighted by molar-refractivity contribution is -0.339. The van der Waals surface area contributed by atoms with Crippen LogP contribution < -0.4 is 0 Å². The van der Waals surface area contributed by atoms with E-state index in [1.54, 1.807) is 19.9 Å². The van der Waals surface area contributed by atoms with Gasteiger partial charge in [-0.25, -0.2) is 9.59 Å². The van der Waals surface area contributed by atoms with E-state index in [0.29, 0.717) is 5.57 Å². The Balaban J connectivity index is 2.19. The third kappa shape index (κ3) is 6.19. The minimum absolute atomic E-state index is 0.0138. The minimum Gasteiger partial charge on any atom is -0.471 e. The first-order valence-corrected chi connectivity index (χ1v) is 10.5. The summed E-state index contributed by atoms with van der Waals surface area (Å²) in [4.78, 5) is 24.2. The van der Waals surface area contributed by atoms with Crippen molar-refractivity contribution < 1.29 is 53.7 Å². The van der Waals surface area contributed by atoms with Crippen molar-refractivity contribution >= 4 is 11.9 Å². The molecule has 0 aromatic rings. The number of aliphatic hydroxyl groups excluding tert-OH is 4. The Morgan fingerprint density at radius 3 is 2.45 bits per heavy atom. The Morgan fingerprint density at radius 1 is 1.18 bits per heavy atom. The van der Waals surface area contributed by atoms with Crippen molar-refractivity contribution in [2.24, 2.45) is 11.8 Å². The van der Waals surface area contributed by atoms with Crippen molar-refractivity contribution in [1.82, 2.24) is 0 Å². The van der Waals surface area contributed by atoms with Crippen molar-refractivity contribution in [2.75, 3.05) is 20.3 Å². The van der Waals surface area contributed by atoms with Gasteiger partial charge in [-0.3, -0.25) is 0 Å². The molecule has 2 rings (SSSR count). The number of esters is 2. The number of carbonyl (C=O) groups is 2. The summed E-state index contributed by atoms with van der Waals surface area (Å²) in [5.74, 6) is -2.39. The van der Waals surface area contributed by atoms with Gasteiger partial charge in [0.25, 0.3) is 0 Å². The van der Waals surface area contributed by atoms with Gasteiger partial charge in [-0.2, -0.15) is 0 Å². The van der Waals surface area contributed by atoms with E-state index in [-0.39, 0.29) is 18.6 Å². The molecule has 2 aliphatic heterocycles. The molecule has 0 aromatic heterocycles. The van der Waals surface area contributed by atoms with Crippen molar-refractivity contribution in [3.8, 4) is 0 Å². The van der Waals surface area contributed by atoms with E-state index in [0.717, 1.165) is 6.26 Å². The highest BCUT2D eigenvalue weighted by molar-refractivity contribution is 5.89. The first kappa shape index (κ1) is 27.0. The number of aliphatic hydroxyl groups is 4. The number of ether oxygens (including phenoxy) is 5. The van der Waals surface area contributed by atoms with Gasteiger partial charge in [-0.1, -0.05) is 12.2 Å². The van der Waals surface area contributed by atoms with Crippen molar-refractivity contribution in [3.05, 3.63) is 36.1 Å².